The molecule has 2 aromatic carbocycles. The maximum atomic E-state index is 11.7. The van der Waals surface area contributed by atoms with Crippen molar-refractivity contribution in [2.45, 2.75) is 6.61 Å². The van der Waals surface area contributed by atoms with Crippen molar-refractivity contribution in [3.63, 3.8) is 0 Å². The van der Waals surface area contributed by atoms with Crippen molar-refractivity contribution in [2.75, 3.05) is 0 Å². The average molecular weight is 240 g/mol. The maximum Gasteiger partial charge on any atom is 0.338 e. The van der Waals surface area contributed by atoms with Crippen molar-refractivity contribution >= 4 is 12.3 Å². The van der Waals surface area contributed by atoms with Gasteiger partial charge in [-0.05, 0) is 17.7 Å². The first kappa shape index (κ1) is 12.0. The highest BCUT2D eigenvalue weighted by Crippen LogP contribution is 2.07. The van der Waals surface area contributed by atoms with Gasteiger partial charge in [-0.25, -0.2) is 4.79 Å². The topological polar surface area (TPSA) is 43.4 Å². The molecule has 0 aromatic heterocycles. The fourth-order valence-electron chi connectivity index (χ4n) is 1.55. The molecule has 2 rings (SSSR count). The lowest BCUT2D eigenvalue weighted by Crippen LogP contribution is -2.05. The highest BCUT2D eigenvalue weighted by molar-refractivity contribution is 5.91. The molecule has 0 aliphatic heterocycles. The van der Waals surface area contributed by atoms with Gasteiger partial charge in [-0.1, -0.05) is 42.5 Å². The van der Waals surface area contributed by atoms with Crippen LogP contribution in [-0.2, 0) is 11.3 Å². The van der Waals surface area contributed by atoms with Crippen LogP contribution in [0.3, 0.4) is 0 Å². The van der Waals surface area contributed by atoms with E-state index in [2.05, 4.69) is 0 Å². The molecule has 0 radical (unpaired) electrons. The van der Waals surface area contributed by atoms with Crippen molar-refractivity contribution in [1.29, 1.82) is 0 Å². The SMILES string of the molecule is O=Cc1cccc(C(=O)OCc2ccccc2)c1. The van der Waals surface area contributed by atoms with Gasteiger partial charge < -0.3 is 4.74 Å². The number of rotatable bonds is 4. The molecule has 0 fully saturated rings. The third kappa shape index (κ3) is 3.04. The number of benzene rings is 2. The molecular weight excluding hydrogens is 228 g/mol. The van der Waals surface area contributed by atoms with E-state index in [-0.39, 0.29) is 6.61 Å². The molecule has 0 aliphatic carbocycles. The minimum atomic E-state index is -0.428. The summed E-state index contributed by atoms with van der Waals surface area (Å²) in [5, 5.41) is 0. The van der Waals surface area contributed by atoms with Crippen molar-refractivity contribution in [1.82, 2.24) is 0 Å². The van der Waals surface area contributed by atoms with Crippen molar-refractivity contribution in [3.8, 4) is 0 Å². The van der Waals surface area contributed by atoms with Gasteiger partial charge >= 0.3 is 5.97 Å². The molecule has 0 amide bonds. The number of hydrogen-bond donors (Lipinski definition) is 0. The summed E-state index contributed by atoms with van der Waals surface area (Å²) in [6.45, 7) is 0.227. The summed E-state index contributed by atoms with van der Waals surface area (Å²) in [7, 11) is 0. The van der Waals surface area contributed by atoms with Gasteiger partial charge in [-0.15, -0.1) is 0 Å². The van der Waals surface area contributed by atoms with Crippen LogP contribution in [0.25, 0.3) is 0 Å². The highest BCUT2D eigenvalue weighted by atomic mass is 16.5. The smallest absolute Gasteiger partial charge is 0.338 e. The Labute approximate surface area is 105 Å². The number of hydrogen-bond acceptors (Lipinski definition) is 3. The standard InChI is InChI=1S/C15H12O3/c16-10-13-7-4-8-14(9-13)15(17)18-11-12-5-2-1-3-6-12/h1-10H,11H2. The number of carbonyl (C=O) groups is 2. The van der Waals surface area contributed by atoms with Gasteiger partial charge in [-0.3, -0.25) is 4.79 Å². The highest BCUT2D eigenvalue weighted by Gasteiger charge is 2.07. The van der Waals surface area contributed by atoms with Gasteiger partial charge in [0, 0.05) is 5.56 Å². The molecule has 0 spiro atoms. The number of carbonyl (C=O) groups excluding carboxylic acids is 2. The van der Waals surface area contributed by atoms with Gasteiger partial charge in [0.05, 0.1) is 5.56 Å². The molecule has 3 nitrogen and oxygen atoms in total. The Hall–Kier alpha value is -2.42. The lowest BCUT2D eigenvalue weighted by Gasteiger charge is -2.05. The zero-order valence-electron chi connectivity index (χ0n) is 9.71. The van der Waals surface area contributed by atoms with Gasteiger partial charge in [0.15, 0.2) is 0 Å². The van der Waals surface area contributed by atoms with Crippen LogP contribution in [-0.4, -0.2) is 12.3 Å². The Kier molecular flexibility index (Phi) is 3.86. The molecule has 0 atom stereocenters. The van der Waals surface area contributed by atoms with Crippen LogP contribution in [0.4, 0.5) is 0 Å². The molecule has 0 N–H and O–H groups in total. The first-order chi connectivity index (χ1) is 8.79. The Morgan fingerprint density at radius 2 is 1.83 bits per heavy atom. The second-order valence-electron chi connectivity index (χ2n) is 3.81. The van der Waals surface area contributed by atoms with Crippen molar-refractivity contribution in [3.05, 3.63) is 71.3 Å². The average Bonchev–Trinajstić information content (AvgIpc) is 2.46. The third-order valence-corrected chi connectivity index (χ3v) is 2.47. The first-order valence-corrected chi connectivity index (χ1v) is 5.56. The van der Waals surface area contributed by atoms with E-state index in [9.17, 15) is 9.59 Å². The third-order valence-electron chi connectivity index (χ3n) is 2.47. The summed E-state index contributed by atoms with van der Waals surface area (Å²) in [4.78, 5) is 22.4. The van der Waals surface area contributed by atoms with Crippen LogP contribution in [0.15, 0.2) is 54.6 Å². The maximum absolute atomic E-state index is 11.7. The summed E-state index contributed by atoms with van der Waals surface area (Å²) >= 11 is 0. The van der Waals surface area contributed by atoms with Crippen LogP contribution in [0.1, 0.15) is 26.3 Å². The fraction of sp³-hybridized carbons (Fsp3) is 0.0667. The summed E-state index contributed by atoms with van der Waals surface area (Å²) in [6, 6.07) is 15.9. The van der Waals surface area contributed by atoms with E-state index in [1.165, 1.54) is 6.07 Å². The predicted molar refractivity (Wildman–Crippen MR) is 67.4 cm³/mol. The van der Waals surface area contributed by atoms with E-state index in [4.69, 9.17) is 4.74 Å². The minimum Gasteiger partial charge on any atom is -0.457 e. The largest absolute Gasteiger partial charge is 0.457 e. The number of esters is 1. The zero-order valence-corrected chi connectivity index (χ0v) is 9.71. The van der Waals surface area contributed by atoms with Gasteiger partial charge in [-0.2, -0.15) is 0 Å². The summed E-state index contributed by atoms with van der Waals surface area (Å²) in [6.07, 6.45) is 0.702. The zero-order chi connectivity index (χ0) is 12.8. The van der Waals surface area contributed by atoms with Crippen LogP contribution < -0.4 is 0 Å². The molecule has 0 unspecified atom stereocenters. The monoisotopic (exact) mass is 240 g/mol. The first-order valence-electron chi connectivity index (χ1n) is 5.56. The van der Waals surface area contributed by atoms with E-state index in [1.807, 2.05) is 30.3 Å². The molecule has 18 heavy (non-hydrogen) atoms. The molecule has 0 saturated heterocycles. The van der Waals surface area contributed by atoms with Crippen LogP contribution >= 0.6 is 0 Å². The molecule has 90 valence electrons. The molecule has 2 aromatic rings. The lowest BCUT2D eigenvalue weighted by atomic mass is 10.1. The van der Waals surface area contributed by atoms with E-state index in [0.29, 0.717) is 17.4 Å². The Morgan fingerprint density at radius 3 is 2.56 bits per heavy atom. The molecule has 0 bridgehead atoms. The van der Waals surface area contributed by atoms with Gasteiger partial charge in [0.25, 0.3) is 0 Å². The molecule has 0 saturated carbocycles. The van der Waals surface area contributed by atoms with Crippen molar-refractivity contribution in [2.24, 2.45) is 0 Å². The van der Waals surface area contributed by atoms with Crippen LogP contribution in [0.2, 0.25) is 0 Å². The molecular formula is C15H12O3. The van der Waals surface area contributed by atoms with E-state index < -0.39 is 5.97 Å². The predicted octanol–water partition coefficient (Wildman–Crippen LogP) is 2.86. The van der Waals surface area contributed by atoms with Gasteiger partial charge in [0.2, 0.25) is 0 Å². The Bertz CT molecular complexity index is 547. The van der Waals surface area contributed by atoms with Crippen LogP contribution in [0.5, 0.6) is 0 Å². The Balaban J connectivity index is 2.01. The fourth-order valence-corrected chi connectivity index (χ4v) is 1.55. The van der Waals surface area contributed by atoms with E-state index >= 15 is 0 Å². The minimum absolute atomic E-state index is 0.227. The Morgan fingerprint density at radius 1 is 1.06 bits per heavy atom. The van der Waals surface area contributed by atoms with E-state index in [1.54, 1.807) is 18.2 Å². The summed E-state index contributed by atoms with van der Waals surface area (Å²) in [5.74, 6) is -0.428. The molecule has 0 aliphatic rings. The lowest BCUT2D eigenvalue weighted by molar-refractivity contribution is 0.0472. The van der Waals surface area contributed by atoms with Gasteiger partial charge in [0.1, 0.15) is 12.9 Å². The molecule has 3 heteroatoms. The van der Waals surface area contributed by atoms with E-state index in [0.717, 1.165) is 5.56 Å². The number of ether oxygens (including phenoxy) is 1. The summed E-state index contributed by atoms with van der Waals surface area (Å²) < 4.78 is 5.16. The normalized spacial score (nSPS) is 9.78. The summed E-state index contributed by atoms with van der Waals surface area (Å²) in [5.41, 5.74) is 1.78. The second-order valence-corrected chi connectivity index (χ2v) is 3.81. The number of aldehydes is 1. The van der Waals surface area contributed by atoms with Crippen LogP contribution in [0, 0.1) is 0 Å². The quantitative estimate of drug-likeness (QED) is 0.609. The second kappa shape index (κ2) is 5.77. The molecule has 0 heterocycles. The van der Waals surface area contributed by atoms with Crippen molar-refractivity contribution < 1.29 is 14.3 Å².